The predicted octanol–water partition coefficient (Wildman–Crippen LogP) is 2.61. The van der Waals surface area contributed by atoms with Crippen LogP contribution in [0.1, 0.15) is 37.8 Å². The third-order valence-corrected chi connectivity index (χ3v) is 3.68. The van der Waals surface area contributed by atoms with Crippen LogP contribution in [-0.4, -0.2) is 25.4 Å². The highest BCUT2D eigenvalue weighted by atomic mass is 16.5. The molecule has 1 atom stereocenters. The fourth-order valence-corrected chi connectivity index (χ4v) is 2.61. The van der Waals surface area contributed by atoms with Gasteiger partial charge < -0.3 is 14.8 Å². The summed E-state index contributed by atoms with van der Waals surface area (Å²) in [4.78, 5) is 0. The van der Waals surface area contributed by atoms with Crippen LogP contribution in [0.2, 0.25) is 0 Å². The van der Waals surface area contributed by atoms with Crippen molar-refractivity contribution in [2.45, 2.75) is 44.9 Å². The van der Waals surface area contributed by atoms with Crippen LogP contribution in [0.15, 0.2) is 18.2 Å². The van der Waals surface area contributed by atoms with Crippen molar-refractivity contribution in [1.82, 2.24) is 5.32 Å². The number of methoxy groups -OCH3 is 1. The molecule has 1 aromatic rings. The van der Waals surface area contributed by atoms with Gasteiger partial charge in [0.2, 0.25) is 0 Å². The number of nitriles is 1. The summed E-state index contributed by atoms with van der Waals surface area (Å²) < 4.78 is 10.9. The van der Waals surface area contributed by atoms with Crippen molar-refractivity contribution in [1.29, 1.82) is 5.26 Å². The molecule has 4 heteroatoms. The first-order valence-electron chi connectivity index (χ1n) is 6.98. The van der Waals surface area contributed by atoms with E-state index in [1.165, 1.54) is 0 Å². The molecule has 2 rings (SSSR count). The topological polar surface area (TPSA) is 54.3 Å². The van der Waals surface area contributed by atoms with Gasteiger partial charge in [-0.25, -0.2) is 0 Å². The van der Waals surface area contributed by atoms with Crippen molar-refractivity contribution >= 4 is 0 Å². The molecular formula is C16H22N2O2. The minimum atomic E-state index is -0.0434. The first-order chi connectivity index (χ1) is 9.54. The van der Waals surface area contributed by atoms with Crippen LogP contribution in [0.25, 0.3) is 0 Å². The molecular weight excluding hydrogens is 252 g/mol. The zero-order chi connectivity index (χ0) is 14.6. The molecule has 4 nitrogen and oxygen atoms in total. The molecule has 1 aliphatic heterocycles. The van der Waals surface area contributed by atoms with Gasteiger partial charge in [-0.05, 0) is 44.4 Å². The van der Waals surface area contributed by atoms with Crippen molar-refractivity contribution in [2.75, 3.05) is 13.7 Å². The normalized spacial score (nSPS) is 21.2. The van der Waals surface area contributed by atoms with E-state index >= 15 is 0 Å². The molecule has 0 amide bonds. The second-order valence-corrected chi connectivity index (χ2v) is 5.83. The third-order valence-electron chi connectivity index (χ3n) is 3.68. The molecule has 1 fully saturated rings. The molecule has 20 heavy (non-hydrogen) atoms. The van der Waals surface area contributed by atoms with Crippen molar-refractivity contribution in [3.63, 3.8) is 0 Å². The number of rotatable bonds is 4. The maximum Gasteiger partial charge on any atom is 0.136 e. The number of benzene rings is 1. The largest absolute Gasteiger partial charge is 0.495 e. The van der Waals surface area contributed by atoms with E-state index in [9.17, 15) is 0 Å². The average Bonchev–Trinajstić information content (AvgIpc) is 2.43. The van der Waals surface area contributed by atoms with Gasteiger partial charge in [-0.1, -0.05) is 6.07 Å². The Morgan fingerprint density at radius 2 is 2.30 bits per heavy atom. The molecule has 0 spiro atoms. The van der Waals surface area contributed by atoms with Crippen LogP contribution < -0.4 is 10.1 Å². The van der Waals surface area contributed by atoms with Crippen LogP contribution in [-0.2, 0) is 11.3 Å². The van der Waals surface area contributed by atoms with Crippen LogP contribution in [0.4, 0.5) is 0 Å². The second kappa shape index (κ2) is 6.25. The molecule has 1 saturated heterocycles. The number of hydrogen-bond donors (Lipinski definition) is 1. The Balaban J connectivity index is 1.96. The fraction of sp³-hybridized carbons (Fsp3) is 0.562. The number of ether oxygens (including phenoxy) is 2. The number of hydrogen-bond acceptors (Lipinski definition) is 4. The average molecular weight is 274 g/mol. The molecule has 0 radical (unpaired) electrons. The van der Waals surface area contributed by atoms with Gasteiger partial charge in [0, 0.05) is 19.2 Å². The highest BCUT2D eigenvalue weighted by Gasteiger charge is 2.28. The number of nitrogens with zero attached hydrogens (tertiary/aromatic N) is 1. The van der Waals surface area contributed by atoms with Gasteiger partial charge in [-0.2, -0.15) is 5.26 Å². The van der Waals surface area contributed by atoms with Crippen molar-refractivity contribution < 1.29 is 9.47 Å². The van der Waals surface area contributed by atoms with Crippen LogP contribution in [0, 0.1) is 11.3 Å². The summed E-state index contributed by atoms with van der Waals surface area (Å²) in [5, 5.41) is 12.5. The Kier molecular flexibility index (Phi) is 4.64. The van der Waals surface area contributed by atoms with E-state index in [0.29, 0.717) is 17.4 Å². The Bertz CT molecular complexity index is 506. The molecule has 0 aromatic heterocycles. The summed E-state index contributed by atoms with van der Waals surface area (Å²) in [6.45, 7) is 5.85. The lowest BCUT2D eigenvalue weighted by Gasteiger charge is -2.36. The van der Waals surface area contributed by atoms with Crippen molar-refractivity contribution in [3.05, 3.63) is 29.3 Å². The van der Waals surface area contributed by atoms with E-state index < -0.39 is 0 Å². The zero-order valence-electron chi connectivity index (χ0n) is 12.4. The van der Waals surface area contributed by atoms with E-state index in [-0.39, 0.29) is 5.60 Å². The van der Waals surface area contributed by atoms with Crippen molar-refractivity contribution in [2.24, 2.45) is 0 Å². The standard InChI is InChI=1S/C16H22N2O2/c1-16(2)9-14(6-7-20-16)18-11-12-4-5-13(10-17)15(8-12)19-3/h4-5,8,14,18H,6-7,9,11H2,1-3H3. The third kappa shape index (κ3) is 3.72. The number of nitrogens with one attached hydrogen (secondary N) is 1. The van der Waals surface area contributed by atoms with Crippen molar-refractivity contribution in [3.8, 4) is 11.8 Å². The van der Waals surface area contributed by atoms with E-state index in [4.69, 9.17) is 14.7 Å². The maximum absolute atomic E-state index is 8.97. The summed E-state index contributed by atoms with van der Waals surface area (Å²) in [6, 6.07) is 8.31. The minimum Gasteiger partial charge on any atom is -0.495 e. The monoisotopic (exact) mass is 274 g/mol. The first-order valence-corrected chi connectivity index (χ1v) is 6.98. The van der Waals surface area contributed by atoms with Gasteiger partial charge in [-0.15, -0.1) is 0 Å². The smallest absolute Gasteiger partial charge is 0.136 e. The molecule has 0 bridgehead atoms. The van der Waals surface area contributed by atoms with Gasteiger partial charge in [0.05, 0.1) is 18.3 Å². The van der Waals surface area contributed by atoms with E-state index in [1.54, 1.807) is 7.11 Å². The van der Waals surface area contributed by atoms with Crippen LogP contribution in [0.3, 0.4) is 0 Å². The summed E-state index contributed by atoms with van der Waals surface area (Å²) in [7, 11) is 1.59. The Labute approximate surface area is 120 Å². The Morgan fingerprint density at radius 3 is 2.95 bits per heavy atom. The quantitative estimate of drug-likeness (QED) is 0.917. The lowest BCUT2D eigenvalue weighted by Crippen LogP contribution is -2.43. The highest BCUT2D eigenvalue weighted by Crippen LogP contribution is 2.24. The fourth-order valence-electron chi connectivity index (χ4n) is 2.61. The van der Waals surface area contributed by atoms with Crippen LogP contribution >= 0.6 is 0 Å². The molecule has 1 aromatic carbocycles. The highest BCUT2D eigenvalue weighted by molar-refractivity contribution is 5.45. The first kappa shape index (κ1) is 14.8. The van der Waals surface area contributed by atoms with Gasteiger partial charge in [-0.3, -0.25) is 0 Å². The van der Waals surface area contributed by atoms with E-state index in [1.807, 2.05) is 18.2 Å². The molecule has 1 heterocycles. The lowest BCUT2D eigenvalue weighted by atomic mass is 9.94. The SMILES string of the molecule is COc1cc(CNC2CCOC(C)(C)C2)ccc1C#N. The maximum atomic E-state index is 8.97. The molecule has 1 unspecified atom stereocenters. The van der Waals surface area contributed by atoms with Gasteiger partial charge in [0.15, 0.2) is 0 Å². The van der Waals surface area contributed by atoms with Gasteiger partial charge >= 0.3 is 0 Å². The second-order valence-electron chi connectivity index (χ2n) is 5.83. The summed E-state index contributed by atoms with van der Waals surface area (Å²) in [5.41, 5.74) is 1.66. The molecule has 0 aliphatic carbocycles. The summed E-state index contributed by atoms with van der Waals surface area (Å²) in [6.07, 6.45) is 2.05. The zero-order valence-corrected chi connectivity index (χ0v) is 12.4. The minimum absolute atomic E-state index is 0.0434. The van der Waals surface area contributed by atoms with Crippen LogP contribution in [0.5, 0.6) is 5.75 Å². The Morgan fingerprint density at radius 1 is 1.50 bits per heavy atom. The van der Waals surface area contributed by atoms with Gasteiger partial charge in [0.25, 0.3) is 0 Å². The molecule has 108 valence electrons. The summed E-state index contributed by atoms with van der Waals surface area (Å²) >= 11 is 0. The summed E-state index contributed by atoms with van der Waals surface area (Å²) in [5.74, 6) is 0.638. The molecule has 1 aliphatic rings. The molecule has 1 N–H and O–H groups in total. The molecule has 0 saturated carbocycles. The van der Waals surface area contributed by atoms with E-state index in [0.717, 1.165) is 31.6 Å². The van der Waals surface area contributed by atoms with E-state index in [2.05, 4.69) is 25.2 Å². The lowest BCUT2D eigenvalue weighted by molar-refractivity contribution is -0.0630. The van der Waals surface area contributed by atoms with Gasteiger partial charge in [0.1, 0.15) is 11.8 Å². The Hall–Kier alpha value is -1.57. The predicted molar refractivity (Wildman–Crippen MR) is 77.6 cm³/mol.